The first-order valence-corrected chi connectivity index (χ1v) is 15.8. The highest BCUT2D eigenvalue weighted by atomic mass is 32.2. The van der Waals surface area contributed by atoms with Crippen molar-refractivity contribution in [1.29, 1.82) is 0 Å². The molecule has 1 amide bonds. The second-order valence-corrected chi connectivity index (χ2v) is 13.1. The summed E-state index contributed by atoms with van der Waals surface area (Å²) in [6, 6.07) is 12.9. The fourth-order valence-corrected chi connectivity index (χ4v) is 7.79. The molecule has 0 spiro atoms. The lowest BCUT2D eigenvalue weighted by molar-refractivity contribution is -0.137. The standard InChI is InChI=1S/C29H32F3N3O6S2/c1-3-41-27(37)25-16-24(18-34-26(36)20-5-4-6-23(15-20)40-2)42-28(25)43(38,39)35-13-11-22(12-14-35)33-17-19-7-9-21(10-8-19)29(30,31)32/h4-10,15-16,22,33H,3,11-14,17-18H2,1-2H3,(H,34,36). The molecule has 2 N–H and O–H groups in total. The Hall–Kier alpha value is -3.46. The number of hydrogen-bond donors (Lipinski definition) is 2. The van der Waals surface area contributed by atoms with Gasteiger partial charge in [0.15, 0.2) is 0 Å². The molecule has 1 aliphatic heterocycles. The van der Waals surface area contributed by atoms with Crippen molar-refractivity contribution in [1.82, 2.24) is 14.9 Å². The first-order chi connectivity index (χ1) is 20.4. The lowest BCUT2D eigenvalue weighted by Crippen LogP contribution is -2.44. The zero-order valence-electron chi connectivity index (χ0n) is 23.6. The van der Waals surface area contributed by atoms with Gasteiger partial charge in [-0.3, -0.25) is 4.79 Å². The number of carbonyl (C=O) groups excluding carboxylic acids is 2. The van der Waals surface area contributed by atoms with Gasteiger partial charge in [0, 0.05) is 36.1 Å². The summed E-state index contributed by atoms with van der Waals surface area (Å²) in [7, 11) is -2.57. The number of ether oxygens (including phenoxy) is 2. The van der Waals surface area contributed by atoms with Crippen molar-refractivity contribution in [3.8, 4) is 5.75 Å². The Labute approximate surface area is 252 Å². The van der Waals surface area contributed by atoms with Crippen molar-refractivity contribution >= 4 is 33.2 Å². The maximum atomic E-state index is 13.7. The van der Waals surface area contributed by atoms with E-state index in [-0.39, 0.29) is 48.0 Å². The lowest BCUT2D eigenvalue weighted by atomic mass is 10.1. The minimum Gasteiger partial charge on any atom is -0.497 e. The Morgan fingerprint density at radius 3 is 2.37 bits per heavy atom. The van der Waals surface area contributed by atoms with E-state index in [0.717, 1.165) is 23.5 Å². The van der Waals surface area contributed by atoms with Crippen LogP contribution < -0.4 is 15.4 Å². The number of methoxy groups -OCH3 is 1. The monoisotopic (exact) mass is 639 g/mol. The van der Waals surface area contributed by atoms with Gasteiger partial charge < -0.3 is 20.1 Å². The first kappa shape index (κ1) is 32.5. The van der Waals surface area contributed by atoms with E-state index in [0.29, 0.717) is 41.1 Å². The van der Waals surface area contributed by atoms with Crippen molar-refractivity contribution in [2.24, 2.45) is 0 Å². The molecular weight excluding hydrogens is 607 g/mol. The maximum absolute atomic E-state index is 13.7. The SMILES string of the molecule is CCOC(=O)c1cc(CNC(=O)c2cccc(OC)c2)sc1S(=O)(=O)N1CCC(NCc2ccc(C(F)(F)F)cc2)CC1. The molecule has 0 bridgehead atoms. The number of carbonyl (C=O) groups is 2. The molecule has 9 nitrogen and oxygen atoms in total. The van der Waals surface area contributed by atoms with E-state index in [4.69, 9.17) is 9.47 Å². The largest absolute Gasteiger partial charge is 0.497 e. The smallest absolute Gasteiger partial charge is 0.416 e. The van der Waals surface area contributed by atoms with Gasteiger partial charge in [-0.15, -0.1) is 11.3 Å². The van der Waals surface area contributed by atoms with Crippen LogP contribution in [-0.4, -0.2) is 57.4 Å². The fourth-order valence-electron chi connectivity index (χ4n) is 4.58. The number of nitrogens with one attached hydrogen (secondary N) is 2. The molecule has 0 aliphatic carbocycles. The number of nitrogens with zero attached hydrogens (tertiary/aromatic N) is 1. The topological polar surface area (TPSA) is 114 Å². The van der Waals surface area contributed by atoms with Crippen LogP contribution >= 0.6 is 11.3 Å². The van der Waals surface area contributed by atoms with Crippen molar-refractivity contribution < 1.29 is 40.7 Å². The predicted octanol–water partition coefficient (Wildman–Crippen LogP) is 4.83. The highest BCUT2D eigenvalue weighted by Crippen LogP contribution is 2.33. The number of piperidine rings is 1. The third kappa shape index (κ3) is 8.13. The van der Waals surface area contributed by atoms with Gasteiger partial charge in [-0.2, -0.15) is 17.5 Å². The molecule has 1 saturated heterocycles. The van der Waals surface area contributed by atoms with Gasteiger partial charge in [-0.25, -0.2) is 13.2 Å². The number of rotatable bonds is 11. The molecule has 2 heterocycles. The molecule has 0 saturated carbocycles. The highest BCUT2D eigenvalue weighted by Gasteiger charge is 2.35. The first-order valence-electron chi connectivity index (χ1n) is 13.5. The minimum atomic E-state index is -4.40. The third-order valence-corrected chi connectivity index (χ3v) is 10.4. The van der Waals surface area contributed by atoms with Crippen LogP contribution in [0.25, 0.3) is 0 Å². The number of amides is 1. The Kier molecular flexibility index (Phi) is 10.5. The molecule has 14 heteroatoms. The van der Waals surface area contributed by atoms with E-state index in [1.54, 1.807) is 31.2 Å². The Morgan fingerprint density at radius 1 is 1.05 bits per heavy atom. The van der Waals surface area contributed by atoms with Crippen molar-refractivity contribution in [3.05, 3.63) is 81.7 Å². The molecular formula is C29H32F3N3O6S2. The number of sulfonamides is 1. The fraction of sp³-hybridized carbons (Fsp3) is 0.379. The Morgan fingerprint density at radius 2 is 1.74 bits per heavy atom. The van der Waals surface area contributed by atoms with Crippen LogP contribution in [0.3, 0.4) is 0 Å². The molecule has 0 atom stereocenters. The van der Waals surface area contributed by atoms with Gasteiger partial charge in [-0.1, -0.05) is 18.2 Å². The number of benzene rings is 2. The van der Waals surface area contributed by atoms with Crippen LogP contribution in [0, 0.1) is 0 Å². The minimum absolute atomic E-state index is 0.00141. The average molecular weight is 640 g/mol. The van der Waals surface area contributed by atoms with E-state index in [9.17, 15) is 31.2 Å². The molecule has 2 aromatic carbocycles. The van der Waals surface area contributed by atoms with Crippen molar-refractivity contribution in [2.45, 2.75) is 49.3 Å². The molecule has 3 aromatic rings. The lowest BCUT2D eigenvalue weighted by Gasteiger charge is -2.31. The summed E-state index contributed by atoms with van der Waals surface area (Å²) >= 11 is 0.905. The zero-order valence-corrected chi connectivity index (χ0v) is 25.2. The van der Waals surface area contributed by atoms with Crippen LogP contribution in [-0.2, 0) is 34.0 Å². The number of alkyl halides is 3. The maximum Gasteiger partial charge on any atom is 0.416 e. The van der Waals surface area contributed by atoms with E-state index in [2.05, 4.69) is 10.6 Å². The highest BCUT2D eigenvalue weighted by molar-refractivity contribution is 7.91. The summed E-state index contributed by atoms with van der Waals surface area (Å²) in [5, 5.41) is 6.03. The molecule has 232 valence electrons. The van der Waals surface area contributed by atoms with Gasteiger partial charge in [0.1, 0.15) is 9.96 Å². The third-order valence-electron chi connectivity index (χ3n) is 6.90. The molecule has 0 unspecified atom stereocenters. The molecule has 43 heavy (non-hydrogen) atoms. The number of esters is 1. The summed E-state index contributed by atoms with van der Waals surface area (Å²) in [5.41, 5.74) is 0.254. The molecule has 1 aliphatic rings. The second kappa shape index (κ2) is 13.9. The van der Waals surface area contributed by atoms with Gasteiger partial charge in [-0.05, 0) is 61.7 Å². The van der Waals surface area contributed by atoms with E-state index in [1.165, 1.54) is 29.6 Å². The molecule has 4 rings (SSSR count). The summed E-state index contributed by atoms with van der Waals surface area (Å²) in [4.78, 5) is 25.8. The van der Waals surface area contributed by atoms with Crippen LogP contribution in [0.5, 0.6) is 5.75 Å². The predicted molar refractivity (Wildman–Crippen MR) is 155 cm³/mol. The molecule has 0 radical (unpaired) electrons. The second-order valence-electron chi connectivity index (χ2n) is 9.80. The summed E-state index contributed by atoms with van der Waals surface area (Å²) in [6.45, 7) is 2.41. The molecule has 1 aromatic heterocycles. The Bertz CT molecular complexity index is 1530. The number of thiophene rings is 1. The van der Waals surface area contributed by atoms with E-state index >= 15 is 0 Å². The zero-order chi connectivity index (χ0) is 31.2. The summed E-state index contributed by atoms with van der Waals surface area (Å²) in [5.74, 6) is -0.642. The van der Waals surface area contributed by atoms with Gasteiger partial charge >= 0.3 is 12.1 Å². The Balaban J connectivity index is 1.40. The van der Waals surface area contributed by atoms with Crippen LogP contribution in [0.1, 0.15) is 56.5 Å². The van der Waals surface area contributed by atoms with Crippen LogP contribution in [0.4, 0.5) is 13.2 Å². The number of hydrogen-bond acceptors (Lipinski definition) is 8. The number of halogens is 3. The van der Waals surface area contributed by atoms with Crippen LogP contribution in [0.2, 0.25) is 0 Å². The van der Waals surface area contributed by atoms with Crippen molar-refractivity contribution in [2.75, 3.05) is 26.8 Å². The normalized spacial score (nSPS) is 14.8. The van der Waals surface area contributed by atoms with Crippen LogP contribution in [0.15, 0.2) is 58.8 Å². The summed E-state index contributed by atoms with van der Waals surface area (Å²) in [6.07, 6.45) is -3.45. The van der Waals surface area contributed by atoms with Gasteiger partial charge in [0.2, 0.25) is 0 Å². The van der Waals surface area contributed by atoms with Gasteiger partial charge in [0.05, 0.1) is 31.4 Å². The average Bonchev–Trinajstić information content (AvgIpc) is 3.44. The van der Waals surface area contributed by atoms with Gasteiger partial charge in [0.25, 0.3) is 15.9 Å². The van der Waals surface area contributed by atoms with E-state index in [1.807, 2.05) is 0 Å². The quantitative estimate of drug-likeness (QED) is 0.289. The molecule has 1 fully saturated rings. The van der Waals surface area contributed by atoms with Crippen molar-refractivity contribution in [3.63, 3.8) is 0 Å². The summed E-state index contributed by atoms with van der Waals surface area (Å²) < 4.78 is 77.2. The van der Waals surface area contributed by atoms with E-state index < -0.39 is 27.7 Å².